The van der Waals surface area contributed by atoms with E-state index in [1.165, 1.54) is 35.2 Å². The smallest absolute Gasteiger partial charge is 0.264 e. The van der Waals surface area contributed by atoms with Crippen LogP contribution in [0, 0.1) is 19.8 Å². The van der Waals surface area contributed by atoms with Gasteiger partial charge in [-0.25, -0.2) is 8.42 Å². The minimum absolute atomic E-state index is 0.00254. The second-order valence-corrected chi connectivity index (χ2v) is 14.5. The van der Waals surface area contributed by atoms with Crippen molar-refractivity contribution >= 4 is 50.7 Å². The van der Waals surface area contributed by atoms with Gasteiger partial charge in [-0.1, -0.05) is 115 Å². The van der Waals surface area contributed by atoms with Crippen molar-refractivity contribution < 1.29 is 18.0 Å². The van der Waals surface area contributed by atoms with Crippen LogP contribution in [0.2, 0.25) is 10.0 Å². The fourth-order valence-electron chi connectivity index (χ4n) is 5.03. The number of carbonyl (C=O) groups is 2. The van der Waals surface area contributed by atoms with Gasteiger partial charge in [0, 0.05) is 29.6 Å². The Balaban J connectivity index is 1.82. The van der Waals surface area contributed by atoms with Crippen molar-refractivity contribution in [3.05, 3.63) is 129 Å². The second-order valence-electron chi connectivity index (χ2n) is 11.8. The van der Waals surface area contributed by atoms with Crippen molar-refractivity contribution in [1.29, 1.82) is 0 Å². The van der Waals surface area contributed by atoms with Crippen LogP contribution in [0.3, 0.4) is 0 Å². The van der Waals surface area contributed by atoms with E-state index in [1.54, 1.807) is 12.1 Å². The molecular formula is C36H39Cl2N3O4S. The number of nitrogens with zero attached hydrogens (tertiary/aromatic N) is 2. The van der Waals surface area contributed by atoms with Gasteiger partial charge in [0.25, 0.3) is 10.0 Å². The SMILES string of the molecule is Cc1ccc(S(=O)(=O)N(CC(=O)N(Cc2cccc(C)c2)[C@H](Cc2ccccc2)C(=O)NCC(C)C)c2cc(Cl)cc(Cl)c2)cc1. The first-order chi connectivity index (χ1) is 21.8. The van der Waals surface area contributed by atoms with Crippen molar-refractivity contribution in [2.75, 3.05) is 17.4 Å². The summed E-state index contributed by atoms with van der Waals surface area (Å²) in [6, 6.07) is 27.0. The number of hydrogen-bond donors (Lipinski definition) is 1. The van der Waals surface area contributed by atoms with Gasteiger partial charge in [-0.05, 0) is 61.2 Å². The van der Waals surface area contributed by atoms with Gasteiger partial charge < -0.3 is 10.2 Å². The second kappa shape index (κ2) is 15.6. The highest BCUT2D eigenvalue weighted by atomic mass is 35.5. The number of anilines is 1. The van der Waals surface area contributed by atoms with Crippen molar-refractivity contribution in [1.82, 2.24) is 10.2 Å². The summed E-state index contributed by atoms with van der Waals surface area (Å²) in [5.41, 5.74) is 3.67. The molecule has 0 saturated carbocycles. The van der Waals surface area contributed by atoms with Crippen LogP contribution in [0.1, 0.15) is 36.1 Å². The molecule has 1 N–H and O–H groups in total. The molecule has 1 atom stereocenters. The normalized spacial score (nSPS) is 12.1. The molecule has 0 aliphatic carbocycles. The molecule has 7 nitrogen and oxygen atoms in total. The lowest BCUT2D eigenvalue weighted by Crippen LogP contribution is -2.53. The third kappa shape index (κ3) is 9.34. The first-order valence-electron chi connectivity index (χ1n) is 15.1. The molecular weight excluding hydrogens is 641 g/mol. The maximum atomic E-state index is 14.6. The number of rotatable bonds is 13. The molecule has 242 valence electrons. The van der Waals surface area contributed by atoms with E-state index < -0.39 is 28.5 Å². The van der Waals surface area contributed by atoms with Crippen molar-refractivity contribution in [2.45, 2.75) is 51.6 Å². The van der Waals surface area contributed by atoms with Gasteiger partial charge >= 0.3 is 0 Å². The van der Waals surface area contributed by atoms with Gasteiger partial charge in [-0.2, -0.15) is 0 Å². The minimum Gasteiger partial charge on any atom is -0.354 e. The average molecular weight is 681 g/mol. The number of benzene rings is 4. The third-order valence-electron chi connectivity index (χ3n) is 7.41. The molecule has 0 aliphatic heterocycles. The molecule has 0 fully saturated rings. The summed E-state index contributed by atoms with van der Waals surface area (Å²) in [7, 11) is -4.27. The Morgan fingerprint density at radius 1 is 0.783 bits per heavy atom. The molecule has 0 saturated heterocycles. The third-order valence-corrected chi connectivity index (χ3v) is 9.64. The zero-order valence-corrected chi connectivity index (χ0v) is 28.7. The maximum absolute atomic E-state index is 14.6. The predicted molar refractivity (Wildman–Crippen MR) is 186 cm³/mol. The molecule has 0 bridgehead atoms. The molecule has 4 aromatic rings. The van der Waals surface area contributed by atoms with Crippen LogP contribution in [0.5, 0.6) is 0 Å². The van der Waals surface area contributed by atoms with Crippen LogP contribution >= 0.6 is 23.2 Å². The highest BCUT2D eigenvalue weighted by molar-refractivity contribution is 7.92. The largest absolute Gasteiger partial charge is 0.354 e. The molecule has 4 rings (SSSR count). The van der Waals surface area contributed by atoms with E-state index in [9.17, 15) is 18.0 Å². The van der Waals surface area contributed by atoms with Gasteiger partial charge in [0.05, 0.1) is 10.6 Å². The number of carbonyl (C=O) groups excluding carboxylic acids is 2. The van der Waals surface area contributed by atoms with Crippen molar-refractivity contribution in [3.8, 4) is 0 Å². The van der Waals surface area contributed by atoms with Crippen LogP contribution in [0.4, 0.5) is 5.69 Å². The van der Waals surface area contributed by atoms with Crippen LogP contribution < -0.4 is 9.62 Å². The summed E-state index contributed by atoms with van der Waals surface area (Å²) in [6.07, 6.45) is 0.232. The van der Waals surface area contributed by atoms with E-state index in [4.69, 9.17) is 23.2 Å². The van der Waals surface area contributed by atoms with E-state index in [2.05, 4.69) is 5.32 Å². The zero-order valence-electron chi connectivity index (χ0n) is 26.4. The van der Waals surface area contributed by atoms with Gasteiger partial charge in [0.15, 0.2) is 0 Å². The molecule has 46 heavy (non-hydrogen) atoms. The predicted octanol–water partition coefficient (Wildman–Crippen LogP) is 7.22. The first-order valence-corrected chi connectivity index (χ1v) is 17.2. The maximum Gasteiger partial charge on any atom is 0.264 e. The molecule has 10 heteroatoms. The standard InChI is InChI=1S/C36H39Cl2N3O4S/c1-25(2)22-39-36(43)34(18-28-10-6-5-7-11-28)40(23-29-12-8-9-27(4)17-29)35(42)24-41(32-20-30(37)19-31(38)21-32)46(44,45)33-15-13-26(3)14-16-33/h5-17,19-21,25,34H,18,22-24H2,1-4H3,(H,39,43)/t34-/m1/s1. The summed E-state index contributed by atoms with van der Waals surface area (Å²) < 4.78 is 29.4. The molecule has 0 radical (unpaired) electrons. The number of aryl methyl sites for hydroxylation is 2. The number of sulfonamides is 1. The summed E-state index contributed by atoms with van der Waals surface area (Å²) in [5.74, 6) is -0.698. The average Bonchev–Trinajstić information content (AvgIpc) is 3.00. The lowest BCUT2D eigenvalue weighted by molar-refractivity contribution is -0.140. The Bertz CT molecular complexity index is 1740. The Morgan fingerprint density at radius 2 is 1.41 bits per heavy atom. The monoisotopic (exact) mass is 679 g/mol. The number of amides is 2. The lowest BCUT2D eigenvalue weighted by Gasteiger charge is -2.34. The van der Waals surface area contributed by atoms with Crippen LogP contribution in [0.15, 0.2) is 102 Å². The first kappa shape index (κ1) is 35.0. The van der Waals surface area contributed by atoms with Gasteiger partial charge in [-0.15, -0.1) is 0 Å². The number of hydrogen-bond acceptors (Lipinski definition) is 4. The molecule has 0 spiro atoms. The number of nitrogens with one attached hydrogen (secondary N) is 1. The van der Waals surface area contributed by atoms with Crippen LogP contribution in [-0.4, -0.2) is 44.3 Å². The Kier molecular flexibility index (Phi) is 11.9. The molecule has 4 aromatic carbocycles. The lowest BCUT2D eigenvalue weighted by atomic mass is 10.0. The molecule has 0 aliphatic rings. The topological polar surface area (TPSA) is 86.8 Å². The van der Waals surface area contributed by atoms with Gasteiger partial charge in [-0.3, -0.25) is 13.9 Å². The van der Waals surface area contributed by atoms with E-state index in [1.807, 2.05) is 82.3 Å². The summed E-state index contributed by atoms with van der Waals surface area (Å²) in [5, 5.41) is 3.42. The van der Waals surface area contributed by atoms with Crippen LogP contribution in [-0.2, 0) is 32.6 Å². The Labute approximate surface area is 282 Å². The summed E-state index contributed by atoms with van der Waals surface area (Å²) in [6.45, 7) is 7.70. The van der Waals surface area contributed by atoms with E-state index in [-0.39, 0.29) is 45.4 Å². The van der Waals surface area contributed by atoms with E-state index in [0.717, 1.165) is 26.6 Å². The van der Waals surface area contributed by atoms with E-state index >= 15 is 0 Å². The van der Waals surface area contributed by atoms with Crippen LogP contribution in [0.25, 0.3) is 0 Å². The fourth-order valence-corrected chi connectivity index (χ4v) is 6.95. The van der Waals surface area contributed by atoms with Gasteiger partial charge in [0.2, 0.25) is 11.8 Å². The number of halogens is 2. The van der Waals surface area contributed by atoms with E-state index in [0.29, 0.717) is 6.54 Å². The zero-order chi connectivity index (χ0) is 33.4. The van der Waals surface area contributed by atoms with Gasteiger partial charge in [0.1, 0.15) is 12.6 Å². The minimum atomic E-state index is -4.27. The fraction of sp³-hybridized carbons (Fsp3) is 0.278. The molecule has 2 amide bonds. The van der Waals surface area contributed by atoms with Crippen molar-refractivity contribution in [2.24, 2.45) is 5.92 Å². The highest BCUT2D eigenvalue weighted by Gasteiger charge is 2.35. The van der Waals surface area contributed by atoms with Crippen molar-refractivity contribution in [3.63, 3.8) is 0 Å². The highest BCUT2D eigenvalue weighted by Crippen LogP contribution is 2.30. The molecule has 0 unspecified atom stereocenters. The summed E-state index contributed by atoms with van der Waals surface area (Å²) >= 11 is 12.6. The summed E-state index contributed by atoms with van der Waals surface area (Å²) in [4.78, 5) is 29.9. The Morgan fingerprint density at radius 3 is 2.02 bits per heavy atom. The quantitative estimate of drug-likeness (QED) is 0.162. The Hall–Kier alpha value is -3.85. The molecule has 0 heterocycles. The molecule has 0 aromatic heterocycles.